The number of hydrogen-bond donors (Lipinski definition) is 0. The zero-order chi connectivity index (χ0) is 19.7. The summed E-state index contributed by atoms with van der Waals surface area (Å²) in [6, 6.07) is 15.6. The Balaban J connectivity index is 1.70. The van der Waals surface area contributed by atoms with Crippen LogP contribution in [0.15, 0.2) is 48.5 Å². The van der Waals surface area contributed by atoms with Gasteiger partial charge in [0.15, 0.2) is 0 Å². The maximum atomic E-state index is 13.2. The summed E-state index contributed by atoms with van der Waals surface area (Å²) in [6.07, 6.45) is 1.95. The SMILES string of the molecule is COc1ccc(C(=O)N2CCCC2c2nc3ccccc3n2CC(C)C)cc1. The number of aromatic nitrogens is 2. The average Bonchev–Trinajstić information content (AvgIpc) is 3.32. The summed E-state index contributed by atoms with van der Waals surface area (Å²) in [5.74, 6) is 2.33. The number of para-hydroxylation sites is 2. The standard InChI is InChI=1S/C23H27N3O2/c1-16(2)15-26-20-8-5-4-7-19(20)24-22(26)21-9-6-14-25(21)23(27)17-10-12-18(28-3)13-11-17/h4-5,7-8,10-13,16,21H,6,9,14-15H2,1-3H3. The van der Waals surface area contributed by atoms with Crippen molar-refractivity contribution < 1.29 is 9.53 Å². The van der Waals surface area contributed by atoms with Crippen LogP contribution in [0.4, 0.5) is 0 Å². The second kappa shape index (κ2) is 7.66. The predicted molar refractivity (Wildman–Crippen MR) is 111 cm³/mol. The number of ether oxygens (including phenoxy) is 1. The number of fused-ring (bicyclic) bond motifs is 1. The summed E-state index contributed by atoms with van der Waals surface area (Å²) in [4.78, 5) is 20.2. The molecule has 5 nitrogen and oxygen atoms in total. The first-order chi connectivity index (χ1) is 13.6. The van der Waals surface area contributed by atoms with Crippen LogP contribution in [0.1, 0.15) is 48.9 Å². The van der Waals surface area contributed by atoms with E-state index in [1.54, 1.807) is 7.11 Å². The van der Waals surface area contributed by atoms with Crippen molar-refractivity contribution in [1.82, 2.24) is 14.5 Å². The van der Waals surface area contributed by atoms with Crippen LogP contribution in [0, 0.1) is 5.92 Å². The first kappa shape index (κ1) is 18.5. The van der Waals surface area contributed by atoms with Gasteiger partial charge in [0, 0.05) is 18.7 Å². The van der Waals surface area contributed by atoms with Crippen molar-refractivity contribution in [1.29, 1.82) is 0 Å². The van der Waals surface area contributed by atoms with Crippen molar-refractivity contribution in [2.24, 2.45) is 5.92 Å². The Morgan fingerprint density at radius 3 is 2.64 bits per heavy atom. The molecular formula is C23H27N3O2. The molecule has 1 unspecified atom stereocenters. The maximum absolute atomic E-state index is 13.2. The summed E-state index contributed by atoms with van der Waals surface area (Å²) < 4.78 is 7.52. The van der Waals surface area contributed by atoms with Crippen LogP contribution in [0.5, 0.6) is 5.75 Å². The molecule has 1 saturated heterocycles. The molecule has 2 heterocycles. The van der Waals surface area contributed by atoms with Crippen LogP contribution in [-0.2, 0) is 6.54 Å². The quantitative estimate of drug-likeness (QED) is 0.649. The highest BCUT2D eigenvalue weighted by molar-refractivity contribution is 5.94. The third-order valence-electron chi connectivity index (χ3n) is 5.38. The minimum Gasteiger partial charge on any atom is -0.497 e. The normalized spacial score (nSPS) is 16.9. The number of benzene rings is 2. The van der Waals surface area contributed by atoms with Crippen LogP contribution >= 0.6 is 0 Å². The van der Waals surface area contributed by atoms with E-state index in [0.717, 1.165) is 48.5 Å². The number of rotatable bonds is 5. The van der Waals surface area contributed by atoms with E-state index in [1.165, 1.54) is 0 Å². The maximum Gasteiger partial charge on any atom is 0.254 e. The Morgan fingerprint density at radius 2 is 1.93 bits per heavy atom. The van der Waals surface area contributed by atoms with Crippen molar-refractivity contribution in [2.75, 3.05) is 13.7 Å². The summed E-state index contributed by atoms with van der Waals surface area (Å²) in [6.45, 7) is 6.10. The molecule has 0 saturated carbocycles. The van der Waals surface area contributed by atoms with E-state index >= 15 is 0 Å². The lowest BCUT2D eigenvalue weighted by Crippen LogP contribution is -2.32. The van der Waals surface area contributed by atoms with Gasteiger partial charge in [0.1, 0.15) is 11.6 Å². The van der Waals surface area contributed by atoms with Gasteiger partial charge in [-0.15, -0.1) is 0 Å². The number of carbonyl (C=O) groups is 1. The second-order valence-corrected chi connectivity index (χ2v) is 7.85. The first-order valence-electron chi connectivity index (χ1n) is 9.98. The van der Waals surface area contributed by atoms with Gasteiger partial charge in [-0.2, -0.15) is 0 Å². The molecule has 5 heteroatoms. The molecule has 1 amide bonds. The average molecular weight is 377 g/mol. The smallest absolute Gasteiger partial charge is 0.254 e. The fourth-order valence-electron chi connectivity index (χ4n) is 4.08. The Labute approximate surface area is 165 Å². The highest BCUT2D eigenvalue weighted by Crippen LogP contribution is 2.35. The van der Waals surface area contributed by atoms with Crippen LogP contribution in [0.2, 0.25) is 0 Å². The van der Waals surface area contributed by atoms with Crippen LogP contribution in [0.3, 0.4) is 0 Å². The molecule has 146 valence electrons. The molecule has 3 aromatic rings. The first-order valence-corrected chi connectivity index (χ1v) is 9.98. The molecule has 2 aromatic carbocycles. The molecule has 28 heavy (non-hydrogen) atoms. The Bertz CT molecular complexity index is 975. The fourth-order valence-corrected chi connectivity index (χ4v) is 4.08. The van der Waals surface area contributed by atoms with E-state index in [9.17, 15) is 4.79 Å². The summed E-state index contributed by atoms with van der Waals surface area (Å²) in [5, 5.41) is 0. The molecular weight excluding hydrogens is 350 g/mol. The molecule has 0 radical (unpaired) electrons. The van der Waals surface area contributed by atoms with Gasteiger partial charge in [0.2, 0.25) is 0 Å². The Hall–Kier alpha value is -2.82. The number of likely N-dealkylation sites (tertiary alicyclic amines) is 1. The van der Waals surface area contributed by atoms with Crippen molar-refractivity contribution in [3.05, 3.63) is 59.9 Å². The molecule has 0 bridgehead atoms. The number of imidazole rings is 1. The zero-order valence-corrected chi connectivity index (χ0v) is 16.8. The van der Waals surface area contributed by atoms with Crippen LogP contribution in [-0.4, -0.2) is 34.0 Å². The summed E-state index contributed by atoms with van der Waals surface area (Å²) in [7, 11) is 1.63. The van der Waals surface area contributed by atoms with E-state index in [1.807, 2.05) is 35.2 Å². The van der Waals surface area contributed by atoms with Gasteiger partial charge >= 0.3 is 0 Å². The highest BCUT2D eigenvalue weighted by Gasteiger charge is 2.34. The van der Waals surface area contributed by atoms with Gasteiger partial charge in [0.05, 0.1) is 24.2 Å². The van der Waals surface area contributed by atoms with Gasteiger partial charge in [0.25, 0.3) is 5.91 Å². The molecule has 0 N–H and O–H groups in total. The van der Waals surface area contributed by atoms with Gasteiger partial charge in [-0.1, -0.05) is 26.0 Å². The molecule has 1 aromatic heterocycles. The third kappa shape index (κ3) is 3.37. The van der Waals surface area contributed by atoms with E-state index in [4.69, 9.17) is 9.72 Å². The van der Waals surface area contributed by atoms with E-state index in [0.29, 0.717) is 11.5 Å². The lowest BCUT2D eigenvalue weighted by Gasteiger charge is -2.26. The molecule has 1 aliphatic heterocycles. The van der Waals surface area contributed by atoms with Gasteiger partial charge in [-0.25, -0.2) is 4.98 Å². The van der Waals surface area contributed by atoms with Crippen LogP contribution < -0.4 is 4.74 Å². The van der Waals surface area contributed by atoms with E-state index in [-0.39, 0.29) is 11.9 Å². The summed E-state index contributed by atoms with van der Waals surface area (Å²) in [5.41, 5.74) is 2.84. The zero-order valence-electron chi connectivity index (χ0n) is 16.8. The number of methoxy groups -OCH3 is 1. The van der Waals surface area contributed by atoms with E-state index in [2.05, 4.69) is 36.6 Å². The minimum atomic E-state index is 0.0146. The molecule has 1 atom stereocenters. The third-order valence-corrected chi connectivity index (χ3v) is 5.38. The summed E-state index contributed by atoms with van der Waals surface area (Å²) >= 11 is 0. The lowest BCUT2D eigenvalue weighted by atomic mass is 10.1. The van der Waals surface area contributed by atoms with Crippen molar-refractivity contribution in [3.8, 4) is 5.75 Å². The van der Waals surface area contributed by atoms with E-state index < -0.39 is 0 Å². The number of amides is 1. The van der Waals surface area contributed by atoms with Gasteiger partial charge < -0.3 is 14.2 Å². The molecule has 0 spiro atoms. The monoisotopic (exact) mass is 377 g/mol. The molecule has 0 aliphatic carbocycles. The molecule has 1 fully saturated rings. The Morgan fingerprint density at radius 1 is 1.18 bits per heavy atom. The van der Waals surface area contributed by atoms with Crippen LogP contribution in [0.25, 0.3) is 11.0 Å². The number of hydrogen-bond acceptors (Lipinski definition) is 3. The van der Waals surface area contributed by atoms with Crippen molar-refractivity contribution in [2.45, 2.75) is 39.3 Å². The van der Waals surface area contributed by atoms with Gasteiger partial charge in [-0.3, -0.25) is 4.79 Å². The van der Waals surface area contributed by atoms with Gasteiger partial charge in [-0.05, 0) is 55.2 Å². The molecule has 4 rings (SSSR count). The fraction of sp³-hybridized carbons (Fsp3) is 0.391. The van der Waals surface area contributed by atoms with Crippen molar-refractivity contribution in [3.63, 3.8) is 0 Å². The number of carbonyl (C=O) groups excluding carboxylic acids is 1. The number of nitrogens with zero attached hydrogens (tertiary/aromatic N) is 3. The Kier molecular flexibility index (Phi) is 5.07. The lowest BCUT2D eigenvalue weighted by molar-refractivity contribution is 0.0727. The highest BCUT2D eigenvalue weighted by atomic mass is 16.5. The largest absolute Gasteiger partial charge is 0.497 e. The minimum absolute atomic E-state index is 0.0146. The molecule has 1 aliphatic rings. The van der Waals surface area contributed by atoms with Crippen molar-refractivity contribution >= 4 is 16.9 Å². The predicted octanol–water partition coefficient (Wildman–Crippen LogP) is 4.68. The topological polar surface area (TPSA) is 47.4 Å². The second-order valence-electron chi connectivity index (χ2n) is 7.85.